The smallest absolute Gasteiger partial charge is 0.166 e. The van der Waals surface area contributed by atoms with Crippen LogP contribution in [0.4, 0.5) is 0 Å². The van der Waals surface area contributed by atoms with Crippen LogP contribution in [0, 0.1) is 0 Å². The first-order chi connectivity index (χ1) is 9.49. The Morgan fingerprint density at radius 2 is 2.15 bits per heavy atom. The summed E-state index contributed by atoms with van der Waals surface area (Å²) in [7, 11) is 0. The van der Waals surface area contributed by atoms with E-state index in [1.54, 1.807) is 23.3 Å². The highest BCUT2D eigenvalue weighted by Crippen LogP contribution is 2.35. The predicted octanol–water partition coefficient (Wildman–Crippen LogP) is 4.87. The lowest BCUT2D eigenvalue weighted by molar-refractivity contribution is 0.313. The van der Waals surface area contributed by atoms with Gasteiger partial charge in [-0.2, -0.15) is 0 Å². The van der Waals surface area contributed by atoms with Crippen LogP contribution in [0.1, 0.15) is 40.5 Å². The molecule has 0 spiro atoms. The Kier molecular flexibility index (Phi) is 5.29. The van der Waals surface area contributed by atoms with Gasteiger partial charge in [-0.25, -0.2) is 4.98 Å². The molecule has 1 aromatic carbocycles. The molecule has 20 heavy (non-hydrogen) atoms. The summed E-state index contributed by atoms with van der Waals surface area (Å²) in [5, 5.41) is 0. The molecule has 0 aliphatic heterocycles. The monoisotopic (exact) mass is 310 g/mol. The number of nitrogens with zero attached hydrogens (tertiary/aromatic N) is 1. The van der Waals surface area contributed by atoms with Gasteiger partial charge in [0.1, 0.15) is 5.75 Å². The molecule has 0 aliphatic carbocycles. The van der Waals surface area contributed by atoms with Gasteiger partial charge >= 0.3 is 0 Å². The van der Waals surface area contributed by atoms with Crippen molar-refractivity contribution in [1.82, 2.24) is 9.71 Å². The highest BCUT2D eigenvalue weighted by atomic mass is 32.2. The first-order valence-electron chi connectivity index (χ1n) is 6.96. The summed E-state index contributed by atoms with van der Waals surface area (Å²) in [5.74, 6) is 0.955. The van der Waals surface area contributed by atoms with Crippen molar-refractivity contribution < 1.29 is 4.74 Å². The van der Waals surface area contributed by atoms with Crippen molar-refractivity contribution in [3.8, 4) is 5.75 Å². The largest absolute Gasteiger partial charge is 0.492 e. The summed E-state index contributed by atoms with van der Waals surface area (Å²) in [4.78, 5) is 4.64. The predicted molar refractivity (Wildman–Crippen MR) is 88.8 cm³/mol. The van der Waals surface area contributed by atoms with Gasteiger partial charge in [0.2, 0.25) is 0 Å². The summed E-state index contributed by atoms with van der Waals surface area (Å²) >= 11 is 3.28. The molecule has 0 atom stereocenters. The zero-order chi connectivity index (χ0) is 14.6. The van der Waals surface area contributed by atoms with Gasteiger partial charge in [0, 0.05) is 5.54 Å². The molecule has 110 valence electrons. The van der Waals surface area contributed by atoms with Gasteiger partial charge in [-0.1, -0.05) is 19.4 Å². The van der Waals surface area contributed by atoms with Gasteiger partial charge in [0.15, 0.2) is 4.34 Å². The average molecular weight is 310 g/mol. The molecule has 3 nitrogen and oxygen atoms in total. The molecule has 0 unspecified atom stereocenters. The Bertz CT molecular complexity index is 560. The molecule has 0 saturated heterocycles. The molecule has 0 aliphatic rings. The Balaban J connectivity index is 2.14. The lowest BCUT2D eigenvalue weighted by atomic mass is 10.1. The van der Waals surface area contributed by atoms with E-state index in [-0.39, 0.29) is 5.54 Å². The van der Waals surface area contributed by atoms with E-state index in [1.165, 1.54) is 0 Å². The summed E-state index contributed by atoms with van der Waals surface area (Å²) in [6.45, 7) is 9.38. The Morgan fingerprint density at radius 1 is 1.35 bits per heavy atom. The molecule has 2 aromatic rings. The van der Waals surface area contributed by atoms with Crippen LogP contribution in [0.3, 0.4) is 0 Å². The second-order valence-corrected chi connectivity index (χ2v) is 7.79. The van der Waals surface area contributed by atoms with E-state index in [4.69, 9.17) is 4.74 Å². The van der Waals surface area contributed by atoms with Gasteiger partial charge < -0.3 is 4.74 Å². The third-order valence-electron chi connectivity index (χ3n) is 2.56. The zero-order valence-electron chi connectivity index (χ0n) is 12.5. The molecule has 0 radical (unpaired) electrons. The van der Waals surface area contributed by atoms with Crippen molar-refractivity contribution in [1.29, 1.82) is 0 Å². The molecule has 2 rings (SSSR count). The molecule has 1 N–H and O–H groups in total. The van der Waals surface area contributed by atoms with Crippen molar-refractivity contribution in [2.75, 3.05) is 6.61 Å². The van der Waals surface area contributed by atoms with E-state index in [0.29, 0.717) is 0 Å². The van der Waals surface area contributed by atoms with Crippen LogP contribution in [0.5, 0.6) is 5.75 Å². The summed E-state index contributed by atoms with van der Waals surface area (Å²) in [6, 6.07) is 6.08. The Hall–Kier alpha value is -0.780. The summed E-state index contributed by atoms with van der Waals surface area (Å²) in [6.07, 6.45) is 2.23. The number of hydrogen-bond donors (Lipinski definition) is 1. The number of rotatable bonds is 6. The first kappa shape index (κ1) is 15.6. The fourth-order valence-corrected chi connectivity index (χ4v) is 3.43. The van der Waals surface area contributed by atoms with Crippen molar-refractivity contribution in [2.24, 2.45) is 0 Å². The molecule has 0 fully saturated rings. The van der Waals surface area contributed by atoms with Crippen molar-refractivity contribution in [3.63, 3.8) is 0 Å². The minimum atomic E-state index is 0.0724. The number of unbranched alkanes of at least 4 members (excludes halogenated alkanes) is 1. The summed E-state index contributed by atoms with van der Waals surface area (Å²) in [5.41, 5.74) is 1.09. The van der Waals surface area contributed by atoms with Gasteiger partial charge in [0.05, 0.1) is 16.8 Å². The standard InChI is InChI=1S/C15H22N2OS2/c1-5-6-10-18-12-9-7-8-11-13(12)19-14(16-11)20-17-15(2,3)4/h7-9,17H,5-6,10H2,1-4H3. The molecule has 0 amide bonds. The van der Waals surface area contributed by atoms with Crippen molar-refractivity contribution in [2.45, 2.75) is 50.4 Å². The highest BCUT2D eigenvalue weighted by molar-refractivity contribution is 7.99. The molecule has 1 heterocycles. The number of aromatic nitrogens is 1. The second-order valence-electron chi connectivity index (χ2n) is 5.74. The molecule has 1 aromatic heterocycles. The number of hydrogen-bond acceptors (Lipinski definition) is 5. The van der Waals surface area contributed by atoms with Crippen LogP contribution in [-0.2, 0) is 0 Å². The number of benzene rings is 1. The van der Waals surface area contributed by atoms with E-state index < -0.39 is 0 Å². The van der Waals surface area contributed by atoms with Crippen LogP contribution in [0.15, 0.2) is 22.5 Å². The maximum Gasteiger partial charge on any atom is 0.166 e. The molecule has 0 bridgehead atoms. The van der Waals surface area contributed by atoms with E-state index in [1.807, 2.05) is 18.2 Å². The second kappa shape index (κ2) is 6.78. The van der Waals surface area contributed by atoms with Gasteiger partial charge in [-0.15, -0.1) is 11.3 Å². The number of ether oxygens (including phenoxy) is 1. The maximum absolute atomic E-state index is 5.86. The van der Waals surface area contributed by atoms with Crippen LogP contribution >= 0.6 is 23.3 Å². The Morgan fingerprint density at radius 3 is 2.85 bits per heavy atom. The van der Waals surface area contributed by atoms with E-state index >= 15 is 0 Å². The third kappa shape index (κ3) is 4.36. The number of thiazole rings is 1. The van der Waals surface area contributed by atoms with Crippen LogP contribution in [0.25, 0.3) is 10.2 Å². The molecular formula is C15H22N2OS2. The third-order valence-corrected chi connectivity index (χ3v) is 4.92. The Labute approximate surface area is 129 Å². The lowest BCUT2D eigenvalue weighted by Gasteiger charge is -2.17. The van der Waals surface area contributed by atoms with Gasteiger partial charge in [0.25, 0.3) is 0 Å². The molecule has 5 heteroatoms. The average Bonchev–Trinajstić information content (AvgIpc) is 2.80. The fraction of sp³-hybridized carbons (Fsp3) is 0.533. The lowest BCUT2D eigenvalue weighted by Crippen LogP contribution is -2.29. The summed E-state index contributed by atoms with van der Waals surface area (Å²) < 4.78 is 11.4. The fourth-order valence-electron chi connectivity index (χ4n) is 1.58. The van der Waals surface area contributed by atoms with Crippen LogP contribution < -0.4 is 9.46 Å². The quantitative estimate of drug-likeness (QED) is 0.609. The van der Waals surface area contributed by atoms with Gasteiger partial charge in [-0.3, -0.25) is 4.72 Å². The SMILES string of the molecule is CCCCOc1cccc2nc(SNC(C)(C)C)sc12. The van der Waals surface area contributed by atoms with Crippen LogP contribution in [0.2, 0.25) is 0 Å². The molecule has 0 saturated carbocycles. The maximum atomic E-state index is 5.86. The van der Waals surface area contributed by atoms with E-state index in [9.17, 15) is 0 Å². The van der Waals surface area contributed by atoms with Crippen molar-refractivity contribution >= 4 is 33.5 Å². The highest BCUT2D eigenvalue weighted by Gasteiger charge is 2.13. The normalized spacial score (nSPS) is 12.0. The van der Waals surface area contributed by atoms with E-state index in [0.717, 1.165) is 39.8 Å². The van der Waals surface area contributed by atoms with Crippen LogP contribution in [-0.4, -0.2) is 17.1 Å². The molecular weight excluding hydrogens is 288 g/mol. The topological polar surface area (TPSA) is 34.1 Å². The van der Waals surface area contributed by atoms with Gasteiger partial charge in [-0.05, 0) is 51.3 Å². The van der Waals surface area contributed by atoms with Crippen molar-refractivity contribution in [3.05, 3.63) is 18.2 Å². The first-order valence-corrected chi connectivity index (χ1v) is 8.59. The number of nitrogens with one attached hydrogen (secondary N) is 1. The zero-order valence-corrected chi connectivity index (χ0v) is 14.2. The minimum Gasteiger partial charge on any atom is -0.492 e. The number of fused-ring (bicyclic) bond motifs is 1. The van der Waals surface area contributed by atoms with E-state index in [2.05, 4.69) is 37.4 Å². The minimum absolute atomic E-state index is 0.0724.